The van der Waals surface area contributed by atoms with Gasteiger partial charge in [0, 0.05) is 5.69 Å². The number of benzene rings is 1. The van der Waals surface area contributed by atoms with Gasteiger partial charge in [0.2, 0.25) is 10.0 Å². The molecule has 0 bridgehead atoms. The molecule has 1 aromatic carbocycles. The van der Waals surface area contributed by atoms with E-state index >= 15 is 0 Å². The highest BCUT2D eigenvalue weighted by Crippen LogP contribution is 2.28. The maximum atomic E-state index is 11.0. The molecule has 0 aliphatic rings. The first kappa shape index (κ1) is 12.3. The lowest BCUT2D eigenvalue weighted by Gasteiger charge is -2.08. The molecular formula is C9H12BrNO3S. The van der Waals surface area contributed by atoms with Crippen LogP contribution >= 0.6 is 15.9 Å². The van der Waals surface area contributed by atoms with Gasteiger partial charge in [-0.2, -0.15) is 0 Å². The van der Waals surface area contributed by atoms with Gasteiger partial charge < -0.3 is 4.74 Å². The van der Waals surface area contributed by atoms with Crippen LogP contribution in [-0.2, 0) is 10.0 Å². The lowest BCUT2D eigenvalue weighted by Crippen LogP contribution is -2.09. The molecule has 0 fully saturated rings. The number of rotatable bonds is 4. The second-order valence-corrected chi connectivity index (χ2v) is 5.56. The molecule has 1 aromatic rings. The lowest BCUT2D eigenvalue weighted by atomic mass is 10.3. The second kappa shape index (κ2) is 4.85. The highest BCUT2D eigenvalue weighted by molar-refractivity contribution is 9.10. The maximum absolute atomic E-state index is 11.0. The highest BCUT2D eigenvalue weighted by atomic mass is 79.9. The molecule has 1 rings (SSSR count). The van der Waals surface area contributed by atoms with E-state index < -0.39 is 10.0 Å². The minimum absolute atomic E-state index is 0.507. The quantitative estimate of drug-likeness (QED) is 0.926. The van der Waals surface area contributed by atoms with Crippen molar-refractivity contribution in [2.45, 2.75) is 6.92 Å². The molecule has 4 nitrogen and oxygen atoms in total. The van der Waals surface area contributed by atoms with Gasteiger partial charge in [-0.1, -0.05) is 0 Å². The number of halogens is 1. The number of hydrogen-bond acceptors (Lipinski definition) is 3. The van der Waals surface area contributed by atoms with Crippen LogP contribution in [0, 0.1) is 0 Å². The molecule has 15 heavy (non-hydrogen) atoms. The van der Waals surface area contributed by atoms with E-state index in [9.17, 15) is 8.42 Å². The van der Waals surface area contributed by atoms with Crippen LogP contribution < -0.4 is 9.46 Å². The fraction of sp³-hybridized carbons (Fsp3) is 0.333. The summed E-state index contributed by atoms with van der Waals surface area (Å²) < 4.78 is 30.3. The summed E-state index contributed by atoms with van der Waals surface area (Å²) in [6, 6.07) is 5.02. The molecule has 0 saturated carbocycles. The highest BCUT2D eigenvalue weighted by Gasteiger charge is 2.05. The number of nitrogens with one attached hydrogen (secondary N) is 1. The maximum Gasteiger partial charge on any atom is 0.229 e. The predicted octanol–water partition coefficient (Wildman–Crippen LogP) is 2.22. The van der Waals surface area contributed by atoms with Crippen LogP contribution in [0.1, 0.15) is 6.92 Å². The summed E-state index contributed by atoms with van der Waals surface area (Å²) in [5.41, 5.74) is 0.507. The predicted molar refractivity (Wildman–Crippen MR) is 63.8 cm³/mol. The average Bonchev–Trinajstić information content (AvgIpc) is 2.07. The van der Waals surface area contributed by atoms with Gasteiger partial charge in [-0.15, -0.1) is 0 Å². The normalized spacial score (nSPS) is 11.1. The van der Waals surface area contributed by atoms with Crippen molar-refractivity contribution < 1.29 is 13.2 Å². The monoisotopic (exact) mass is 293 g/mol. The Labute approximate surface area is 97.8 Å². The summed E-state index contributed by atoms with van der Waals surface area (Å²) in [6.45, 7) is 2.45. The molecule has 1 N–H and O–H groups in total. The molecule has 0 saturated heterocycles. The van der Waals surface area contributed by atoms with Gasteiger partial charge in [0.1, 0.15) is 5.75 Å². The number of ether oxygens (including phenoxy) is 1. The Morgan fingerprint density at radius 2 is 2.13 bits per heavy atom. The Morgan fingerprint density at radius 1 is 1.47 bits per heavy atom. The largest absolute Gasteiger partial charge is 0.493 e. The van der Waals surface area contributed by atoms with E-state index in [4.69, 9.17) is 4.74 Å². The van der Waals surface area contributed by atoms with Gasteiger partial charge in [0.15, 0.2) is 0 Å². The van der Waals surface area contributed by atoms with Crippen LogP contribution in [0.2, 0.25) is 0 Å². The van der Waals surface area contributed by atoms with Gasteiger partial charge in [-0.05, 0) is 41.1 Å². The zero-order chi connectivity index (χ0) is 11.5. The first-order chi connectivity index (χ1) is 6.92. The fourth-order valence-corrected chi connectivity index (χ4v) is 2.10. The van der Waals surface area contributed by atoms with Crippen LogP contribution in [0.15, 0.2) is 22.7 Å². The Hall–Kier alpha value is -0.750. The summed E-state index contributed by atoms with van der Waals surface area (Å²) >= 11 is 3.30. The third-order valence-electron chi connectivity index (χ3n) is 1.53. The standard InChI is InChI=1S/C9H12BrNO3S/c1-3-14-9-5-4-7(6-8(9)10)11-15(2,12)13/h4-6,11H,3H2,1-2H3. The van der Waals surface area contributed by atoms with Crippen LogP contribution in [0.3, 0.4) is 0 Å². The summed E-state index contributed by atoms with van der Waals surface area (Å²) in [5, 5.41) is 0. The molecule has 0 aliphatic carbocycles. The van der Waals surface area contributed by atoms with E-state index in [0.29, 0.717) is 18.0 Å². The van der Waals surface area contributed by atoms with Crippen molar-refractivity contribution in [3.05, 3.63) is 22.7 Å². The number of hydrogen-bond donors (Lipinski definition) is 1. The lowest BCUT2D eigenvalue weighted by molar-refractivity contribution is 0.338. The van der Waals surface area contributed by atoms with Crippen molar-refractivity contribution in [2.24, 2.45) is 0 Å². The van der Waals surface area contributed by atoms with Crippen LogP contribution in [0.25, 0.3) is 0 Å². The third kappa shape index (κ3) is 4.09. The van der Waals surface area contributed by atoms with E-state index in [1.807, 2.05) is 6.92 Å². The molecular weight excluding hydrogens is 282 g/mol. The van der Waals surface area contributed by atoms with Crippen molar-refractivity contribution in [2.75, 3.05) is 17.6 Å². The summed E-state index contributed by atoms with van der Waals surface area (Å²) in [6.07, 6.45) is 1.11. The minimum atomic E-state index is -3.23. The molecule has 6 heteroatoms. The van der Waals surface area contributed by atoms with Crippen molar-refractivity contribution in [3.8, 4) is 5.75 Å². The summed E-state index contributed by atoms with van der Waals surface area (Å²) in [7, 11) is -3.23. The third-order valence-corrected chi connectivity index (χ3v) is 2.76. The molecule has 0 unspecified atom stereocenters. The van der Waals surface area contributed by atoms with E-state index in [1.165, 1.54) is 0 Å². The molecule has 0 aromatic heterocycles. The Kier molecular flexibility index (Phi) is 3.98. The van der Waals surface area contributed by atoms with Gasteiger partial charge >= 0.3 is 0 Å². The van der Waals surface area contributed by atoms with Crippen molar-refractivity contribution in [1.29, 1.82) is 0 Å². The second-order valence-electron chi connectivity index (χ2n) is 2.95. The fourth-order valence-electron chi connectivity index (χ4n) is 1.05. The van der Waals surface area contributed by atoms with E-state index in [1.54, 1.807) is 18.2 Å². The first-order valence-corrected chi connectivity index (χ1v) is 7.01. The SMILES string of the molecule is CCOc1ccc(NS(C)(=O)=O)cc1Br. The molecule has 0 radical (unpaired) electrons. The first-order valence-electron chi connectivity index (χ1n) is 4.32. The minimum Gasteiger partial charge on any atom is -0.493 e. The molecule has 0 spiro atoms. The van der Waals surface area contributed by atoms with Crippen LogP contribution in [0.4, 0.5) is 5.69 Å². The van der Waals surface area contributed by atoms with Crippen molar-refractivity contribution in [1.82, 2.24) is 0 Å². The van der Waals surface area contributed by atoms with Crippen molar-refractivity contribution >= 4 is 31.6 Å². The Morgan fingerprint density at radius 3 is 2.60 bits per heavy atom. The Balaban J connectivity index is 2.91. The average molecular weight is 294 g/mol. The van der Waals surface area contributed by atoms with Crippen molar-refractivity contribution in [3.63, 3.8) is 0 Å². The van der Waals surface area contributed by atoms with E-state index in [0.717, 1.165) is 10.7 Å². The van der Waals surface area contributed by atoms with Crippen LogP contribution in [-0.4, -0.2) is 21.3 Å². The van der Waals surface area contributed by atoms with Crippen LogP contribution in [0.5, 0.6) is 5.75 Å². The Bertz CT molecular complexity index is 445. The zero-order valence-electron chi connectivity index (χ0n) is 8.45. The topological polar surface area (TPSA) is 55.4 Å². The molecule has 0 heterocycles. The summed E-state index contributed by atoms with van der Waals surface area (Å²) in [5.74, 6) is 0.691. The molecule has 0 atom stereocenters. The smallest absolute Gasteiger partial charge is 0.229 e. The van der Waals surface area contributed by atoms with Gasteiger partial charge in [-0.25, -0.2) is 8.42 Å². The number of sulfonamides is 1. The van der Waals surface area contributed by atoms with Gasteiger partial charge in [0.05, 0.1) is 17.3 Å². The van der Waals surface area contributed by atoms with Gasteiger partial charge in [0.25, 0.3) is 0 Å². The molecule has 0 amide bonds. The zero-order valence-corrected chi connectivity index (χ0v) is 10.9. The van der Waals surface area contributed by atoms with E-state index in [2.05, 4.69) is 20.7 Å². The van der Waals surface area contributed by atoms with Gasteiger partial charge in [-0.3, -0.25) is 4.72 Å². The number of anilines is 1. The van der Waals surface area contributed by atoms with E-state index in [-0.39, 0.29) is 0 Å². The summed E-state index contributed by atoms with van der Waals surface area (Å²) in [4.78, 5) is 0. The molecule has 84 valence electrons. The molecule has 0 aliphatic heterocycles.